The second-order valence-electron chi connectivity index (χ2n) is 8.70. The quantitative estimate of drug-likeness (QED) is 0.461. The Labute approximate surface area is 205 Å². The van der Waals surface area contributed by atoms with Crippen LogP contribution in [0.3, 0.4) is 0 Å². The van der Waals surface area contributed by atoms with Gasteiger partial charge in [-0.05, 0) is 54.2 Å². The van der Waals surface area contributed by atoms with E-state index < -0.39 is 5.97 Å². The molecule has 0 bridgehead atoms. The summed E-state index contributed by atoms with van der Waals surface area (Å²) in [6.45, 7) is 0.951. The van der Waals surface area contributed by atoms with Crippen molar-refractivity contribution in [1.82, 2.24) is 25.2 Å². The second kappa shape index (κ2) is 10.0. The largest absolute Gasteiger partial charge is 0.484 e. The zero-order valence-electron chi connectivity index (χ0n) is 18.8. The second-order valence-corrected chi connectivity index (χ2v) is 9.11. The molecule has 3 heterocycles. The third-order valence-corrected chi connectivity index (χ3v) is 6.28. The number of H-pyrrole nitrogens is 1. The molecule has 5 rings (SSSR count). The summed E-state index contributed by atoms with van der Waals surface area (Å²) in [5.74, 6) is 0.207. The first kappa shape index (κ1) is 23.3. The van der Waals surface area contributed by atoms with Gasteiger partial charge in [0.2, 0.25) is 5.82 Å². The molecule has 2 fully saturated rings. The minimum absolute atomic E-state index is 0.0171. The van der Waals surface area contributed by atoms with Gasteiger partial charge in [0.25, 0.3) is 5.56 Å². The summed E-state index contributed by atoms with van der Waals surface area (Å²) in [7, 11) is 0. The van der Waals surface area contributed by atoms with Gasteiger partial charge in [-0.1, -0.05) is 29.8 Å². The average Bonchev–Trinajstić information content (AvgIpc) is 3.34. The lowest BCUT2D eigenvalue weighted by molar-refractivity contribution is -0.138. The molecule has 1 aliphatic heterocycles. The van der Waals surface area contributed by atoms with Crippen LogP contribution in [0.1, 0.15) is 47.8 Å². The Bertz CT molecular complexity index is 1320. The van der Waals surface area contributed by atoms with E-state index >= 15 is 0 Å². The highest BCUT2D eigenvalue weighted by Gasteiger charge is 2.26. The highest BCUT2D eigenvalue weighted by molar-refractivity contribution is 6.32. The minimum Gasteiger partial charge on any atom is -0.484 e. The molecular weight excluding hydrogens is 474 g/mol. The fourth-order valence-corrected chi connectivity index (χ4v) is 4.30. The number of rotatable bonds is 9. The first-order valence-electron chi connectivity index (χ1n) is 11.4. The molecule has 3 aromatic rings. The lowest BCUT2D eigenvalue weighted by Crippen LogP contribution is -2.14. The summed E-state index contributed by atoms with van der Waals surface area (Å²) in [5.41, 5.74) is 3.25. The predicted octanol–water partition coefficient (Wildman–Crippen LogP) is 3.02. The molecule has 0 radical (unpaired) electrons. The molecule has 1 atom stereocenters. The standard InChI is InChI=1S/C24H24ClN5O5/c25-19-10-16(3-6-21(19)35-13-22-27-29-30(28-22)11-23(31)32)18(9-14-7-8-34-12-14)20-5-4-17(15-1-2-15)24(33)26-20/h3-6,9-10,14-15H,1-2,7-8,11-13H2,(H,26,33)(H,31,32)/b18-9+/t14-/m1/s1. The summed E-state index contributed by atoms with van der Waals surface area (Å²) in [6.07, 6.45) is 5.17. The molecule has 11 heteroatoms. The molecule has 2 aliphatic rings. The Hall–Kier alpha value is -3.50. The van der Waals surface area contributed by atoms with E-state index in [1.807, 2.05) is 18.2 Å². The number of nitrogens with zero attached hydrogens (tertiary/aromatic N) is 4. The van der Waals surface area contributed by atoms with Crippen molar-refractivity contribution in [2.45, 2.75) is 38.3 Å². The van der Waals surface area contributed by atoms with Crippen molar-refractivity contribution in [3.05, 3.63) is 74.4 Å². The van der Waals surface area contributed by atoms with Crippen molar-refractivity contribution in [3.8, 4) is 5.75 Å². The molecular formula is C24H24ClN5O5. The lowest BCUT2D eigenvalue weighted by atomic mass is 9.96. The topological polar surface area (TPSA) is 132 Å². The molecule has 0 unspecified atom stereocenters. The van der Waals surface area contributed by atoms with Crippen LogP contribution in [0, 0.1) is 5.92 Å². The molecule has 1 aliphatic carbocycles. The van der Waals surface area contributed by atoms with Crippen LogP contribution in [-0.4, -0.2) is 49.5 Å². The number of aliphatic carboxylic acids is 1. The minimum atomic E-state index is -1.06. The number of hydrogen-bond acceptors (Lipinski definition) is 7. The predicted molar refractivity (Wildman–Crippen MR) is 126 cm³/mol. The van der Waals surface area contributed by atoms with E-state index in [0.717, 1.165) is 46.5 Å². The Morgan fingerprint density at radius 3 is 2.83 bits per heavy atom. The number of nitrogens with one attached hydrogen (secondary N) is 1. The Kier molecular flexibility index (Phi) is 6.65. The van der Waals surface area contributed by atoms with Crippen molar-refractivity contribution in [1.29, 1.82) is 0 Å². The Balaban J connectivity index is 1.38. The molecule has 1 aromatic carbocycles. The van der Waals surface area contributed by atoms with Gasteiger partial charge in [0, 0.05) is 29.4 Å². The van der Waals surface area contributed by atoms with Gasteiger partial charge in [-0.3, -0.25) is 9.59 Å². The van der Waals surface area contributed by atoms with Crippen LogP contribution in [0.2, 0.25) is 5.02 Å². The first-order chi connectivity index (χ1) is 17.0. The summed E-state index contributed by atoms with van der Waals surface area (Å²) < 4.78 is 11.3. The third kappa shape index (κ3) is 5.60. The van der Waals surface area contributed by atoms with Gasteiger partial charge in [-0.2, -0.15) is 4.80 Å². The van der Waals surface area contributed by atoms with Crippen LogP contribution in [0.4, 0.5) is 0 Å². The number of pyridine rings is 1. The number of hydrogen-bond donors (Lipinski definition) is 2. The maximum Gasteiger partial charge on any atom is 0.327 e. The number of carboxylic acids is 1. The molecule has 35 heavy (non-hydrogen) atoms. The zero-order chi connectivity index (χ0) is 24.4. The molecule has 0 spiro atoms. The highest BCUT2D eigenvalue weighted by Crippen LogP contribution is 2.39. The normalized spacial score (nSPS) is 18.1. The fourth-order valence-electron chi connectivity index (χ4n) is 4.07. The molecule has 182 valence electrons. The lowest BCUT2D eigenvalue weighted by Gasteiger charge is -2.14. The summed E-state index contributed by atoms with van der Waals surface area (Å²) in [6, 6.07) is 9.30. The van der Waals surface area contributed by atoms with Crippen molar-refractivity contribution >= 4 is 23.1 Å². The van der Waals surface area contributed by atoms with E-state index in [0.29, 0.717) is 29.9 Å². The number of carbonyl (C=O) groups is 1. The highest BCUT2D eigenvalue weighted by atomic mass is 35.5. The number of aromatic nitrogens is 5. The SMILES string of the molecule is O=C(O)Cn1nnc(COc2ccc(/C(=C\[C@H]3CCOC3)c3ccc(C4CC4)c(=O)[nH]3)cc2Cl)n1. The van der Waals surface area contributed by atoms with Crippen molar-refractivity contribution in [3.63, 3.8) is 0 Å². The van der Waals surface area contributed by atoms with E-state index in [1.54, 1.807) is 12.1 Å². The zero-order valence-corrected chi connectivity index (χ0v) is 19.6. The van der Waals surface area contributed by atoms with Crippen LogP contribution >= 0.6 is 11.6 Å². The van der Waals surface area contributed by atoms with Crippen LogP contribution in [-0.2, 0) is 22.7 Å². The third-order valence-electron chi connectivity index (χ3n) is 5.99. The molecule has 1 saturated heterocycles. The van der Waals surface area contributed by atoms with Crippen LogP contribution in [0.15, 0.2) is 41.2 Å². The average molecular weight is 498 g/mol. The van der Waals surface area contributed by atoms with Crippen molar-refractivity contribution in [2.75, 3.05) is 13.2 Å². The first-order valence-corrected chi connectivity index (χ1v) is 11.8. The van der Waals surface area contributed by atoms with Crippen LogP contribution in [0.25, 0.3) is 5.57 Å². The van der Waals surface area contributed by atoms with Gasteiger partial charge in [-0.15, -0.1) is 10.2 Å². The molecule has 10 nitrogen and oxygen atoms in total. The smallest absolute Gasteiger partial charge is 0.327 e. The number of halogens is 1. The van der Waals surface area contributed by atoms with Gasteiger partial charge in [0.05, 0.1) is 11.6 Å². The number of carboxylic acid groups (broad SMARTS) is 1. The van der Waals surface area contributed by atoms with Crippen LogP contribution < -0.4 is 10.3 Å². The molecule has 1 saturated carbocycles. The number of aromatic amines is 1. The van der Waals surface area contributed by atoms with Gasteiger partial charge in [0.1, 0.15) is 5.75 Å². The number of tetrazole rings is 1. The van der Waals surface area contributed by atoms with Crippen molar-refractivity contribution in [2.24, 2.45) is 5.92 Å². The summed E-state index contributed by atoms with van der Waals surface area (Å²) in [5, 5.41) is 20.6. The van der Waals surface area contributed by atoms with E-state index in [9.17, 15) is 9.59 Å². The van der Waals surface area contributed by atoms with Gasteiger partial charge in [0.15, 0.2) is 13.2 Å². The van der Waals surface area contributed by atoms with E-state index in [1.165, 1.54) is 0 Å². The van der Waals surface area contributed by atoms with Gasteiger partial charge in [-0.25, -0.2) is 0 Å². The number of ether oxygens (including phenoxy) is 2. The fraction of sp³-hybridized carbons (Fsp3) is 0.375. The summed E-state index contributed by atoms with van der Waals surface area (Å²) in [4.78, 5) is 27.5. The van der Waals surface area contributed by atoms with Crippen LogP contribution in [0.5, 0.6) is 5.75 Å². The molecule has 2 aromatic heterocycles. The van der Waals surface area contributed by atoms with Gasteiger partial charge >= 0.3 is 5.97 Å². The maximum atomic E-state index is 12.7. The van der Waals surface area contributed by atoms with E-state index in [4.69, 9.17) is 26.2 Å². The maximum absolute atomic E-state index is 12.7. The Morgan fingerprint density at radius 1 is 1.29 bits per heavy atom. The van der Waals surface area contributed by atoms with Crippen molar-refractivity contribution < 1.29 is 19.4 Å². The molecule has 2 N–H and O–H groups in total. The van der Waals surface area contributed by atoms with Gasteiger partial charge < -0.3 is 19.6 Å². The molecule has 0 amide bonds. The number of benzene rings is 1. The van der Waals surface area contributed by atoms with E-state index in [2.05, 4.69) is 26.5 Å². The van der Waals surface area contributed by atoms with E-state index in [-0.39, 0.29) is 30.5 Å². The summed E-state index contributed by atoms with van der Waals surface area (Å²) >= 11 is 6.54. The Morgan fingerprint density at radius 2 is 2.14 bits per heavy atom. The monoisotopic (exact) mass is 497 g/mol.